The summed E-state index contributed by atoms with van der Waals surface area (Å²) < 4.78 is 0. The first-order valence-corrected chi connectivity index (χ1v) is 23.8. The molecule has 12 rings (SSSR count). The standard InChI is InChI=1S/C53H57N3S/c1-3-12-33(13-4-1)45-32-46(34-14-5-2-6-15-34)55-51(54-45)29-27-40-38-18-7-8-19-39(38)44-30-36(24-26-41(40)44)37-25-28-47-50(31-37)57-49-23-11-21-43-42-20-9-16-35-17-10-22-48(52(35)42)56(47)53(43)49/h1-8,12-15,18-19,24,26,30,32,35,37,40,42-43,47-50,52-53H,9-11,16-17,20-23,25,27-29,31H2. The zero-order chi connectivity index (χ0) is 37.5. The molecule has 0 N–H and O–H groups in total. The predicted molar refractivity (Wildman–Crippen MR) is 235 cm³/mol. The van der Waals surface area contributed by atoms with E-state index >= 15 is 0 Å². The minimum atomic E-state index is 0.359. The smallest absolute Gasteiger partial charge is 0.129 e. The quantitative estimate of drug-likeness (QED) is 0.172. The fraction of sp³-hybridized carbons (Fsp3) is 0.472. The summed E-state index contributed by atoms with van der Waals surface area (Å²) in [6.07, 6.45) is 19.6. The van der Waals surface area contributed by atoms with Gasteiger partial charge in [-0.3, -0.25) is 4.90 Å². The second kappa shape index (κ2) is 14.5. The average Bonchev–Trinajstić information content (AvgIpc) is 3.59. The molecular weight excluding hydrogens is 711 g/mol. The Labute approximate surface area is 344 Å². The molecule has 4 heteroatoms. The molecule has 0 amide bonds. The topological polar surface area (TPSA) is 29.0 Å². The van der Waals surface area contributed by atoms with Gasteiger partial charge in [0.25, 0.3) is 0 Å². The number of thioether (sulfide) groups is 1. The second-order valence-corrected chi connectivity index (χ2v) is 20.5. The average molecular weight is 768 g/mol. The molecule has 11 atom stereocenters. The zero-order valence-electron chi connectivity index (χ0n) is 33.4. The fourth-order valence-corrected chi connectivity index (χ4v) is 16.3. The Morgan fingerprint density at radius 1 is 0.579 bits per heavy atom. The highest BCUT2D eigenvalue weighted by molar-refractivity contribution is 8.00. The number of piperidine rings is 1. The molecule has 1 aromatic heterocycles. The van der Waals surface area contributed by atoms with Crippen molar-refractivity contribution in [3.8, 4) is 33.6 Å². The monoisotopic (exact) mass is 767 g/mol. The predicted octanol–water partition coefficient (Wildman–Crippen LogP) is 12.7. The number of hydrogen-bond donors (Lipinski definition) is 0. The van der Waals surface area contributed by atoms with E-state index in [1.54, 1.807) is 12.0 Å². The normalized spacial score (nSPS) is 33.6. The largest absolute Gasteiger partial charge is 0.292 e. The van der Waals surface area contributed by atoms with E-state index in [4.69, 9.17) is 9.97 Å². The highest BCUT2D eigenvalue weighted by Gasteiger charge is 2.60. The van der Waals surface area contributed by atoms with Crippen LogP contribution in [0.4, 0.5) is 0 Å². The molecule has 11 unspecified atom stereocenters. The van der Waals surface area contributed by atoms with Crippen LogP contribution in [0.25, 0.3) is 33.6 Å². The van der Waals surface area contributed by atoms with Crippen molar-refractivity contribution >= 4 is 11.8 Å². The third-order valence-corrected chi connectivity index (χ3v) is 18.1. The summed E-state index contributed by atoms with van der Waals surface area (Å²) in [5.74, 6) is 6.05. The molecule has 3 heterocycles. The van der Waals surface area contributed by atoms with Crippen LogP contribution < -0.4 is 0 Å². The lowest BCUT2D eigenvalue weighted by atomic mass is 9.53. The lowest BCUT2D eigenvalue weighted by Crippen LogP contribution is -2.72. The first kappa shape index (κ1) is 35.2. The molecule has 3 nitrogen and oxygen atoms in total. The van der Waals surface area contributed by atoms with Gasteiger partial charge in [0.2, 0.25) is 0 Å². The number of aromatic nitrogens is 2. The van der Waals surface area contributed by atoms with E-state index in [1.165, 1.54) is 92.9 Å². The summed E-state index contributed by atoms with van der Waals surface area (Å²) in [5, 5.41) is 1.67. The summed E-state index contributed by atoms with van der Waals surface area (Å²) in [5.41, 5.74) is 11.8. The van der Waals surface area contributed by atoms with Crippen molar-refractivity contribution in [2.24, 2.45) is 23.7 Å². The SMILES string of the molecule is c1ccc(-c2cc(-c3ccccc3)nc(CCC3c4ccccc4-c4cc(C5CCC6C(C5)SC5CCCC7C8CCCC9CCCC(C98)N6C57)ccc43)n2)cc1. The maximum absolute atomic E-state index is 5.18. The molecule has 290 valence electrons. The number of benzene rings is 4. The van der Waals surface area contributed by atoms with Gasteiger partial charge in [0.05, 0.1) is 11.4 Å². The summed E-state index contributed by atoms with van der Waals surface area (Å²) in [4.78, 5) is 13.7. The number of rotatable bonds is 6. The van der Waals surface area contributed by atoms with Gasteiger partial charge in [-0.2, -0.15) is 11.8 Å². The third kappa shape index (κ3) is 6.01. The first-order valence-electron chi connectivity index (χ1n) is 22.9. The molecule has 5 aromatic rings. The fourth-order valence-electron chi connectivity index (χ4n) is 14.2. The lowest BCUT2D eigenvalue weighted by Gasteiger charge is -2.67. The van der Waals surface area contributed by atoms with E-state index in [2.05, 4.69) is 126 Å². The number of nitrogens with zero attached hydrogens (tertiary/aromatic N) is 3. The third-order valence-electron chi connectivity index (χ3n) is 16.4. The van der Waals surface area contributed by atoms with Gasteiger partial charge in [-0.1, -0.05) is 135 Å². The molecule has 0 spiro atoms. The van der Waals surface area contributed by atoms with Crippen molar-refractivity contribution in [2.45, 2.75) is 130 Å². The van der Waals surface area contributed by atoms with Gasteiger partial charge in [-0.15, -0.1) is 0 Å². The Kier molecular flexibility index (Phi) is 8.98. The second-order valence-electron chi connectivity index (χ2n) is 19.1. The van der Waals surface area contributed by atoms with Gasteiger partial charge >= 0.3 is 0 Å². The molecule has 7 aliphatic rings. The minimum absolute atomic E-state index is 0.359. The molecular formula is C53H57N3S. The van der Waals surface area contributed by atoms with Crippen LogP contribution in [0, 0.1) is 23.7 Å². The van der Waals surface area contributed by atoms with Crippen LogP contribution in [0.2, 0.25) is 0 Å². The van der Waals surface area contributed by atoms with Crippen molar-refractivity contribution in [3.63, 3.8) is 0 Å². The van der Waals surface area contributed by atoms with Crippen LogP contribution in [0.3, 0.4) is 0 Å². The molecule has 2 aliphatic heterocycles. The Morgan fingerprint density at radius 2 is 1.28 bits per heavy atom. The van der Waals surface area contributed by atoms with Gasteiger partial charge < -0.3 is 0 Å². The molecule has 6 fully saturated rings. The molecule has 2 saturated heterocycles. The summed E-state index contributed by atoms with van der Waals surface area (Å²) >= 11 is 2.49. The molecule has 0 radical (unpaired) electrons. The lowest BCUT2D eigenvalue weighted by molar-refractivity contribution is -0.138. The highest BCUT2D eigenvalue weighted by Crippen LogP contribution is 2.61. The molecule has 4 aromatic carbocycles. The van der Waals surface area contributed by atoms with Crippen molar-refractivity contribution in [3.05, 3.63) is 132 Å². The molecule has 0 bridgehead atoms. The van der Waals surface area contributed by atoms with E-state index < -0.39 is 0 Å². The Balaban J connectivity index is 0.816. The highest BCUT2D eigenvalue weighted by atomic mass is 32.2. The van der Waals surface area contributed by atoms with E-state index in [0.29, 0.717) is 11.8 Å². The molecule has 5 aliphatic carbocycles. The van der Waals surface area contributed by atoms with Gasteiger partial charge in [-0.05, 0) is 115 Å². The minimum Gasteiger partial charge on any atom is -0.292 e. The van der Waals surface area contributed by atoms with Crippen molar-refractivity contribution in [1.29, 1.82) is 0 Å². The Morgan fingerprint density at radius 3 is 2.09 bits per heavy atom. The Bertz CT molecular complexity index is 2190. The van der Waals surface area contributed by atoms with E-state index in [9.17, 15) is 0 Å². The first-order chi connectivity index (χ1) is 28.2. The zero-order valence-corrected chi connectivity index (χ0v) is 34.2. The van der Waals surface area contributed by atoms with Crippen LogP contribution >= 0.6 is 11.8 Å². The summed E-state index contributed by atoms with van der Waals surface area (Å²) in [7, 11) is 0. The van der Waals surface area contributed by atoms with Crippen LogP contribution in [0.1, 0.15) is 118 Å². The van der Waals surface area contributed by atoms with Crippen molar-refractivity contribution in [2.75, 3.05) is 0 Å². The summed E-state index contributed by atoms with van der Waals surface area (Å²) in [6.45, 7) is 0. The van der Waals surface area contributed by atoms with Gasteiger partial charge in [0.1, 0.15) is 5.82 Å². The number of aryl methyl sites for hydroxylation is 1. The molecule has 4 saturated carbocycles. The maximum atomic E-state index is 5.18. The van der Waals surface area contributed by atoms with Gasteiger partial charge in [0, 0.05) is 52.1 Å². The number of hydrogen-bond acceptors (Lipinski definition) is 4. The molecule has 57 heavy (non-hydrogen) atoms. The van der Waals surface area contributed by atoms with Crippen LogP contribution in [-0.2, 0) is 6.42 Å². The van der Waals surface area contributed by atoms with Gasteiger partial charge in [0.15, 0.2) is 0 Å². The van der Waals surface area contributed by atoms with Crippen molar-refractivity contribution in [1.82, 2.24) is 14.9 Å². The van der Waals surface area contributed by atoms with Crippen LogP contribution in [0.5, 0.6) is 0 Å². The maximum Gasteiger partial charge on any atom is 0.129 e. The summed E-state index contributed by atoms with van der Waals surface area (Å²) in [6, 6.07) is 42.9. The van der Waals surface area contributed by atoms with E-state index in [0.717, 1.165) is 93.5 Å². The van der Waals surface area contributed by atoms with Crippen LogP contribution in [-0.4, -0.2) is 43.5 Å². The van der Waals surface area contributed by atoms with Crippen LogP contribution in [0.15, 0.2) is 109 Å². The Hall–Kier alpha value is -3.73. The van der Waals surface area contributed by atoms with Crippen molar-refractivity contribution < 1.29 is 0 Å². The number of fused-ring (bicyclic) bond motifs is 7. The van der Waals surface area contributed by atoms with E-state index in [1.807, 2.05) is 0 Å². The van der Waals surface area contributed by atoms with E-state index in [-0.39, 0.29) is 0 Å². The van der Waals surface area contributed by atoms with Gasteiger partial charge in [-0.25, -0.2) is 9.97 Å².